The molecule has 0 unspecified atom stereocenters. The summed E-state index contributed by atoms with van der Waals surface area (Å²) < 4.78 is 6.35. The van der Waals surface area contributed by atoms with Crippen LogP contribution in [0.15, 0.2) is 28.9 Å². The predicted molar refractivity (Wildman–Crippen MR) is 72.1 cm³/mol. The first-order chi connectivity index (χ1) is 7.74. The Bertz CT molecular complexity index is 483. The molecular weight excluding hydrogens is 266 g/mol. The lowest BCUT2D eigenvalue weighted by Crippen LogP contribution is -1.91. The number of halogens is 1. The van der Waals surface area contributed by atoms with E-state index >= 15 is 0 Å². The van der Waals surface area contributed by atoms with E-state index in [2.05, 4.69) is 20.9 Å². The summed E-state index contributed by atoms with van der Waals surface area (Å²) in [6.07, 6.45) is 1.83. The Balaban J connectivity index is 0.000000606. The van der Waals surface area contributed by atoms with Gasteiger partial charge in [0.2, 0.25) is 0 Å². The van der Waals surface area contributed by atoms with Gasteiger partial charge in [-0.1, -0.05) is 19.9 Å². The first-order valence-electron chi connectivity index (χ1n) is 5.32. The molecule has 2 rings (SSSR count). The monoisotopic (exact) mass is 281 g/mol. The molecule has 2 aromatic rings. The molecule has 0 aliphatic carbocycles. The number of para-hydroxylation sites is 1. The number of ether oxygens (including phenoxy) is 1. The van der Waals surface area contributed by atoms with Crippen LogP contribution in [0.4, 0.5) is 0 Å². The molecule has 0 atom stereocenters. The minimum atomic E-state index is 0.899. The van der Waals surface area contributed by atoms with Crippen LogP contribution in [0.2, 0.25) is 0 Å². The Morgan fingerprint density at radius 3 is 2.56 bits per heavy atom. The van der Waals surface area contributed by atoms with Gasteiger partial charge in [-0.15, -0.1) is 0 Å². The summed E-state index contributed by atoms with van der Waals surface area (Å²) in [7, 11) is 1.68. The summed E-state index contributed by atoms with van der Waals surface area (Å²) >= 11 is 3.47. The largest absolute Gasteiger partial charge is 0.496 e. The lowest BCUT2D eigenvalue weighted by atomic mass is 10.1. The highest BCUT2D eigenvalue weighted by Gasteiger charge is 2.07. The van der Waals surface area contributed by atoms with Gasteiger partial charge < -0.3 is 4.74 Å². The van der Waals surface area contributed by atoms with Crippen molar-refractivity contribution in [1.29, 1.82) is 0 Å². The lowest BCUT2D eigenvalue weighted by Gasteiger charge is -2.08. The Labute approximate surface area is 105 Å². The zero-order valence-electron chi connectivity index (χ0n) is 10.0. The molecule has 2 nitrogen and oxygen atoms in total. The molecule has 0 saturated heterocycles. The van der Waals surface area contributed by atoms with Gasteiger partial charge in [0.25, 0.3) is 0 Å². The highest BCUT2D eigenvalue weighted by atomic mass is 79.9. The van der Waals surface area contributed by atoms with E-state index in [1.807, 2.05) is 45.2 Å². The zero-order chi connectivity index (χ0) is 12.1. The highest BCUT2D eigenvalue weighted by Crippen LogP contribution is 2.31. The van der Waals surface area contributed by atoms with Gasteiger partial charge in [0.15, 0.2) is 0 Å². The Hall–Kier alpha value is -1.09. The van der Waals surface area contributed by atoms with Crippen LogP contribution in [0.3, 0.4) is 0 Å². The standard InChI is InChI=1S/C11H10BrNO.C2H6/c1-7-6-13-10-8(11(7)14-2)4-3-5-9(10)12;1-2/h3-6H,1-2H3;1-2H3. The molecule has 0 aliphatic rings. The number of rotatable bonds is 1. The maximum atomic E-state index is 5.35. The van der Waals surface area contributed by atoms with Crippen LogP contribution >= 0.6 is 15.9 Å². The van der Waals surface area contributed by atoms with Crippen molar-refractivity contribution in [3.8, 4) is 5.75 Å². The van der Waals surface area contributed by atoms with Crippen LogP contribution < -0.4 is 4.74 Å². The maximum Gasteiger partial charge on any atom is 0.132 e. The number of nitrogens with zero attached hydrogens (tertiary/aromatic N) is 1. The topological polar surface area (TPSA) is 22.1 Å². The van der Waals surface area contributed by atoms with Gasteiger partial charge in [-0.3, -0.25) is 4.98 Å². The molecule has 1 aromatic heterocycles. The molecule has 0 amide bonds. The van der Waals surface area contributed by atoms with E-state index in [1.165, 1.54) is 0 Å². The molecule has 1 heterocycles. The fourth-order valence-corrected chi connectivity index (χ4v) is 2.00. The minimum absolute atomic E-state index is 0.899. The van der Waals surface area contributed by atoms with Crippen LogP contribution in [0.1, 0.15) is 19.4 Å². The van der Waals surface area contributed by atoms with Crippen molar-refractivity contribution in [2.45, 2.75) is 20.8 Å². The van der Waals surface area contributed by atoms with E-state index in [0.717, 1.165) is 26.7 Å². The van der Waals surface area contributed by atoms with Crippen molar-refractivity contribution < 1.29 is 4.74 Å². The maximum absolute atomic E-state index is 5.35. The van der Waals surface area contributed by atoms with Crippen LogP contribution in [0.25, 0.3) is 10.9 Å². The quantitative estimate of drug-likeness (QED) is 0.776. The second-order valence-electron chi connectivity index (χ2n) is 3.11. The molecule has 0 radical (unpaired) electrons. The van der Waals surface area contributed by atoms with Gasteiger partial charge in [-0.05, 0) is 35.0 Å². The number of fused-ring (bicyclic) bond motifs is 1. The summed E-state index contributed by atoms with van der Waals surface area (Å²) in [4.78, 5) is 4.36. The predicted octanol–water partition coefficient (Wildman–Crippen LogP) is 4.34. The molecule has 16 heavy (non-hydrogen) atoms. The first kappa shape index (κ1) is 13.0. The number of benzene rings is 1. The third-order valence-corrected chi connectivity index (χ3v) is 2.82. The minimum Gasteiger partial charge on any atom is -0.496 e. The van der Waals surface area contributed by atoms with Crippen LogP contribution in [0, 0.1) is 6.92 Å². The number of aryl methyl sites for hydroxylation is 1. The summed E-state index contributed by atoms with van der Waals surface area (Å²) in [5, 5.41) is 1.04. The number of hydrogen-bond donors (Lipinski definition) is 0. The number of aromatic nitrogens is 1. The average Bonchev–Trinajstić information content (AvgIpc) is 2.32. The molecule has 1 aromatic carbocycles. The molecule has 0 spiro atoms. The van der Waals surface area contributed by atoms with Gasteiger partial charge >= 0.3 is 0 Å². The van der Waals surface area contributed by atoms with Gasteiger partial charge in [0, 0.05) is 21.6 Å². The van der Waals surface area contributed by atoms with Gasteiger partial charge in [0.05, 0.1) is 12.6 Å². The Morgan fingerprint density at radius 2 is 1.94 bits per heavy atom. The third-order valence-electron chi connectivity index (χ3n) is 2.18. The van der Waals surface area contributed by atoms with Crippen molar-refractivity contribution in [3.05, 3.63) is 34.4 Å². The zero-order valence-corrected chi connectivity index (χ0v) is 11.6. The van der Waals surface area contributed by atoms with Crippen LogP contribution in [-0.4, -0.2) is 12.1 Å². The summed E-state index contributed by atoms with van der Waals surface area (Å²) in [6.45, 7) is 5.99. The van der Waals surface area contributed by atoms with Gasteiger partial charge in [-0.2, -0.15) is 0 Å². The third kappa shape index (κ3) is 2.35. The summed E-state index contributed by atoms with van der Waals surface area (Å²) in [5.74, 6) is 0.899. The molecular formula is C13H16BrNO. The van der Waals surface area contributed by atoms with Crippen molar-refractivity contribution in [2.75, 3.05) is 7.11 Å². The number of pyridine rings is 1. The molecule has 0 aliphatic heterocycles. The second kappa shape index (κ2) is 5.85. The van der Waals surface area contributed by atoms with E-state index in [9.17, 15) is 0 Å². The molecule has 0 bridgehead atoms. The van der Waals surface area contributed by atoms with E-state index < -0.39 is 0 Å². The Morgan fingerprint density at radius 1 is 1.25 bits per heavy atom. The van der Waals surface area contributed by atoms with Crippen molar-refractivity contribution >= 4 is 26.8 Å². The lowest BCUT2D eigenvalue weighted by molar-refractivity contribution is 0.416. The van der Waals surface area contributed by atoms with Gasteiger partial charge in [0.1, 0.15) is 5.75 Å². The SMILES string of the molecule is CC.COc1c(C)cnc2c(Br)cccc12. The van der Waals surface area contributed by atoms with E-state index in [1.54, 1.807) is 7.11 Å². The first-order valence-corrected chi connectivity index (χ1v) is 6.11. The highest BCUT2D eigenvalue weighted by molar-refractivity contribution is 9.10. The van der Waals surface area contributed by atoms with Crippen molar-refractivity contribution in [2.24, 2.45) is 0 Å². The summed E-state index contributed by atoms with van der Waals surface area (Å²) in [6, 6.07) is 5.97. The van der Waals surface area contributed by atoms with Crippen LogP contribution in [-0.2, 0) is 0 Å². The molecule has 86 valence electrons. The molecule has 3 heteroatoms. The molecule has 0 N–H and O–H groups in total. The van der Waals surface area contributed by atoms with E-state index in [-0.39, 0.29) is 0 Å². The van der Waals surface area contributed by atoms with Gasteiger partial charge in [-0.25, -0.2) is 0 Å². The van der Waals surface area contributed by atoms with Crippen LogP contribution in [0.5, 0.6) is 5.75 Å². The smallest absolute Gasteiger partial charge is 0.132 e. The average molecular weight is 282 g/mol. The Kier molecular flexibility index (Phi) is 4.74. The number of hydrogen-bond acceptors (Lipinski definition) is 2. The fourth-order valence-electron chi connectivity index (χ4n) is 1.53. The normalized spacial score (nSPS) is 9.56. The fraction of sp³-hybridized carbons (Fsp3) is 0.308. The second-order valence-corrected chi connectivity index (χ2v) is 3.96. The molecule has 0 fully saturated rings. The van der Waals surface area contributed by atoms with E-state index in [0.29, 0.717) is 0 Å². The van der Waals surface area contributed by atoms with Crippen molar-refractivity contribution in [3.63, 3.8) is 0 Å². The molecule has 0 saturated carbocycles. The number of methoxy groups -OCH3 is 1. The van der Waals surface area contributed by atoms with Crippen molar-refractivity contribution in [1.82, 2.24) is 4.98 Å². The van der Waals surface area contributed by atoms with E-state index in [4.69, 9.17) is 4.74 Å². The summed E-state index contributed by atoms with van der Waals surface area (Å²) in [5.41, 5.74) is 1.99.